The minimum atomic E-state index is -0.409. The summed E-state index contributed by atoms with van der Waals surface area (Å²) in [5.41, 5.74) is 0.0771. The van der Waals surface area contributed by atoms with Crippen molar-refractivity contribution in [1.82, 2.24) is 24.4 Å². The minimum Gasteiger partial charge on any atom is -0.312 e. The van der Waals surface area contributed by atoms with Gasteiger partial charge in [0, 0.05) is 31.9 Å². The fourth-order valence-electron chi connectivity index (χ4n) is 2.50. The number of nitrogens with one attached hydrogen (secondary N) is 1. The zero-order valence-corrected chi connectivity index (χ0v) is 11.3. The third kappa shape index (κ3) is 2.37. The first-order chi connectivity index (χ1) is 9.65. The Morgan fingerprint density at radius 1 is 1.50 bits per heavy atom. The molecule has 3 rings (SSSR count). The first-order valence-electron chi connectivity index (χ1n) is 6.70. The van der Waals surface area contributed by atoms with Crippen LogP contribution in [0.25, 0.3) is 5.65 Å². The van der Waals surface area contributed by atoms with Crippen molar-refractivity contribution >= 4 is 11.6 Å². The fraction of sp³-hybridized carbons (Fsp3) is 0.462. The van der Waals surface area contributed by atoms with Crippen LogP contribution >= 0.6 is 0 Å². The number of piperazine rings is 1. The molecule has 1 fully saturated rings. The number of hydrogen-bond acceptors (Lipinski definition) is 5. The topological polar surface area (TPSA) is 71.6 Å². The number of nitrogens with zero attached hydrogens (tertiary/aromatic N) is 4. The Morgan fingerprint density at radius 2 is 2.35 bits per heavy atom. The molecule has 2 aromatic rings. The maximum atomic E-state index is 12.2. The molecule has 20 heavy (non-hydrogen) atoms. The Labute approximate surface area is 115 Å². The summed E-state index contributed by atoms with van der Waals surface area (Å²) in [6, 6.07) is 5.59. The van der Waals surface area contributed by atoms with E-state index in [2.05, 4.69) is 17.3 Å². The normalized spacial score (nSPS) is 20.4. The number of pyridine rings is 1. The van der Waals surface area contributed by atoms with Gasteiger partial charge >= 0.3 is 5.69 Å². The molecule has 0 aromatic carbocycles. The smallest absolute Gasteiger partial charge is 0.312 e. The molecule has 0 spiro atoms. The standard InChI is InChI=1S/C13H17N5O2/c1-10-8-16(7-5-14-10)9-12(19)18-13(20)17-6-3-2-4-11(17)15-18/h2-4,6,10,14H,5,7-9H2,1H3. The van der Waals surface area contributed by atoms with Crippen LogP contribution in [0.3, 0.4) is 0 Å². The van der Waals surface area contributed by atoms with E-state index in [0.29, 0.717) is 11.7 Å². The summed E-state index contributed by atoms with van der Waals surface area (Å²) in [5, 5.41) is 7.39. The average Bonchev–Trinajstić information content (AvgIpc) is 2.77. The third-order valence-corrected chi connectivity index (χ3v) is 3.48. The number of carbonyl (C=O) groups excluding carboxylic acids is 1. The van der Waals surface area contributed by atoms with Crippen molar-refractivity contribution < 1.29 is 4.79 Å². The van der Waals surface area contributed by atoms with Gasteiger partial charge in [-0.3, -0.25) is 9.69 Å². The minimum absolute atomic E-state index is 0.218. The van der Waals surface area contributed by atoms with Gasteiger partial charge in [-0.1, -0.05) is 6.07 Å². The van der Waals surface area contributed by atoms with E-state index in [-0.39, 0.29) is 12.5 Å². The second-order valence-corrected chi connectivity index (χ2v) is 5.11. The average molecular weight is 275 g/mol. The van der Waals surface area contributed by atoms with Crippen LogP contribution < -0.4 is 11.0 Å². The molecule has 2 aromatic heterocycles. The Bertz CT molecular complexity index is 689. The molecular formula is C13H17N5O2. The van der Waals surface area contributed by atoms with Crippen molar-refractivity contribution in [3.8, 4) is 0 Å². The van der Waals surface area contributed by atoms with E-state index >= 15 is 0 Å². The molecular weight excluding hydrogens is 258 g/mol. The lowest BCUT2D eigenvalue weighted by molar-refractivity contribution is 0.0805. The van der Waals surface area contributed by atoms with Gasteiger partial charge in [0.1, 0.15) is 0 Å². The Balaban J connectivity index is 1.82. The highest BCUT2D eigenvalue weighted by molar-refractivity contribution is 5.80. The fourth-order valence-corrected chi connectivity index (χ4v) is 2.50. The molecule has 1 aliphatic rings. The van der Waals surface area contributed by atoms with Crippen LogP contribution in [0.1, 0.15) is 11.7 Å². The van der Waals surface area contributed by atoms with E-state index < -0.39 is 5.69 Å². The monoisotopic (exact) mass is 275 g/mol. The van der Waals surface area contributed by atoms with E-state index in [1.54, 1.807) is 24.4 Å². The number of aromatic nitrogens is 3. The zero-order valence-electron chi connectivity index (χ0n) is 11.3. The summed E-state index contributed by atoms with van der Waals surface area (Å²) in [4.78, 5) is 26.4. The highest BCUT2D eigenvalue weighted by Crippen LogP contribution is 2.00. The number of hydrogen-bond donors (Lipinski definition) is 1. The Morgan fingerprint density at radius 3 is 3.10 bits per heavy atom. The molecule has 0 saturated carbocycles. The lowest BCUT2D eigenvalue weighted by atomic mass is 10.2. The predicted molar refractivity (Wildman–Crippen MR) is 74.0 cm³/mol. The molecule has 7 heteroatoms. The lowest BCUT2D eigenvalue weighted by Crippen LogP contribution is -2.51. The van der Waals surface area contributed by atoms with Crippen molar-refractivity contribution in [1.29, 1.82) is 0 Å². The predicted octanol–water partition coefficient (Wildman–Crippen LogP) is -0.570. The van der Waals surface area contributed by atoms with Crippen LogP contribution in [0.5, 0.6) is 0 Å². The van der Waals surface area contributed by atoms with E-state index in [9.17, 15) is 9.59 Å². The molecule has 106 valence electrons. The van der Waals surface area contributed by atoms with Crippen LogP contribution in [-0.2, 0) is 0 Å². The summed E-state index contributed by atoms with van der Waals surface area (Å²) in [6.07, 6.45) is 1.61. The molecule has 0 radical (unpaired) electrons. The highest BCUT2D eigenvalue weighted by Gasteiger charge is 2.21. The SMILES string of the molecule is CC1CN(CC(=O)n2nc3ccccn3c2=O)CCN1. The van der Waals surface area contributed by atoms with Crippen LogP contribution in [0.2, 0.25) is 0 Å². The van der Waals surface area contributed by atoms with Crippen molar-refractivity contribution in [2.75, 3.05) is 26.2 Å². The molecule has 7 nitrogen and oxygen atoms in total. The van der Waals surface area contributed by atoms with Gasteiger partial charge in [-0.05, 0) is 19.1 Å². The van der Waals surface area contributed by atoms with Gasteiger partial charge in [-0.15, -0.1) is 9.78 Å². The first-order valence-corrected chi connectivity index (χ1v) is 6.70. The zero-order chi connectivity index (χ0) is 14.1. The molecule has 0 bridgehead atoms. The summed E-state index contributed by atoms with van der Waals surface area (Å²) in [5.74, 6) is -0.284. The van der Waals surface area contributed by atoms with E-state index in [1.165, 1.54) is 4.40 Å². The molecule has 1 aliphatic heterocycles. The molecule has 0 aliphatic carbocycles. The van der Waals surface area contributed by atoms with E-state index in [4.69, 9.17) is 0 Å². The highest BCUT2D eigenvalue weighted by atomic mass is 16.2. The molecule has 1 unspecified atom stereocenters. The van der Waals surface area contributed by atoms with Crippen molar-refractivity contribution in [2.45, 2.75) is 13.0 Å². The van der Waals surface area contributed by atoms with Gasteiger partial charge in [0.15, 0.2) is 5.65 Å². The molecule has 3 heterocycles. The van der Waals surface area contributed by atoms with Gasteiger partial charge in [-0.25, -0.2) is 9.20 Å². The molecule has 1 saturated heterocycles. The Kier molecular flexibility index (Phi) is 3.37. The van der Waals surface area contributed by atoms with Crippen molar-refractivity contribution in [3.63, 3.8) is 0 Å². The van der Waals surface area contributed by atoms with Crippen molar-refractivity contribution in [2.24, 2.45) is 0 Å². The molecule has 1 N–H and O–H groups in total. The molecule has 1 atom stereocenters. The quantitative estimate of drug-likeness (QED) is 0.795. The summed E-state index contributed by atoms with van der Waals surface area (Å²) >= 11 is 0. The van der Waals surface area contributed by atoms with Crippen molar-refractivity contribution in [3.05, 3.63) is 34.9 Å². The van der Waals surface area contributed by atoms with Gasteiger partial charge in [0.05, 0.1) is 6.54 Å². The van der Waals surface area contributed by atoms with Gasteiger partial charge in [-0.2, -0.15) is 0 Å². The summed E-state index contributed by atoms with van der Waals surface area (Å²) < 4.78 is 2.33. The summed E-state index contributed by atoms with van der Waals surface area (Å²) in [6.45, 7) is 4.75. The van der Waals surface area contributed by atoms with Gasteiger partial charge < -0.3 is 5.32 Å². The van der Waals surface area contributed by atoms with Crippen LogP contribution in [0.15, 0.2) is 29.2 Å². The number of fused-ring (bicyclic) bond motifs is 1. The van der Waals surface area contributed by atoms with Crippen LogP contribution in [0.4, 0.5) is 0 Å². The maximum Gasteiger partial charge on any atom is 0.357 e. The number of carbonyl (C=O) groups is 1. The Hall–Kier alpha value is -1.99. The third-order valence-electron chi connectivity index (χ3n) is 3.48. The lowest BCUT2D eigenvalue weighted by Gasteiger charge is -2.30. The van der Waals surface area contributed by atoms with Gasteiger partial charge in [0.2, 0.25) is 0 Å². The molecule has 0 amide bonds. The largest absolute Gasteiger partial charge is 0.357 e. The second kappa shape index (κ2) is 5.18. The second-order valence-electron chi connectivity index (χ2n) is 5.11. The van der Waals surface area contributed by atoms with Crippen LogP contribution in [0, 0.1) is 0 Å². The number of rotatable bonds is 2. The van der Waals surface area contributed by atoms with E-state index in [1.807, 2.05) is 4.90 Å². The maximum absolute atomic E-state index is 12.2. The summed E-state index contributed by atoms with van der Waals surface area (Å²) in [7, 11) is 0. The van der Waals surface area contributed by atoms with Gasteiger partial charge in [0.25, 0.3) is 5.91 Å². The first kappa shape index (κ1) is 13.0. The van der Waals surface area contributed by atoms with E-state index in [0.717, 1.165) is 24.3 Å². The van der Waals surface area contributed by atoms with Crippen LogP contribution in [-0.4, -0.2) is 57.2 Å².